The lowest BCUT2D eigenvalue weighted by Crippen LogP contribution is -2.33. The molecule has 112 valence electrons. The number of hydrogen-bond donors (Lipinski definition) is 1. The Bertz CT molecular complexity index is 452. The van der Waals surface area contributed by atoms with Crippen LogP contribution in [0.1, 0.15) is 57.7 Å². The molecule has 1 atom stereocenters. The van der Waals surface area contributed by atoms with Gasteiger partial charge in [0.15, 0.2) is 0 Å². The molecule has 5 nitrogen and oxygen atoms in total. The summed E-state index contributed by atoms with van der Waals surface area (Å²) in [5.74, 6) is 0.837. The normalized spacial score (nSPS) is 28.8. The molecular formula is C15H26N4O. The summed E-state index contributed by atoms with van der Waals surface area (Å²) >= 11 is 0. The second-order valence-electron chi connectivity index (χ2n) is 6.84. The van der Waals surface area contributed by atoms with Gasteiger partial charge in [-0.2, -0.15) is 0 Å². The fraction of sp³-hybridized carbons (Fsp3) is 0.867. The van der Waals surface area contributed by atoms with Crippen molar-refractivity contribution in [3.63, 3.8) is 0 Å². The standard InChI is InChI=1S/C15H26N4O/c1-12(2)19-10-14(16-17-19)15(20)7-8-18(11-15)9-13-5-3-4-6-13/h10,12-13,20H,3-9,11H2,1-2H3/t15-/m1/s1. The molecule has 1 N–H and O–H groups in total. The molecule has 5 heteroatoms. The van der Waals surface area contributed by atoms with Gasteiger partial charge in [-0.15, -0.1) is 5.10 Å². The van der Waals surface area contributed by atoms with E-state index >= 15 is 0 Å². The minimum absolute atomic E-state index is 0.288. The highest BCUT2D eigenvalue weighted by Gasteiger charge is 2.40. The SMILES string of the molecule is CC(C)n1cc([C@@]2(O)CCN(CC3CCCC3)C2)nn1. The van der Waals surface area contributed by atoms with Gasteiger partial charge in [0.25, 0.3) is 0 Å². The Hall–Kier alpha value is -0.940. The molecule has 2 heterocycles. The van der Waals surface area contributed by atoms with Crippen LogP contribution in [0.15, 0.2) is 6.20 Å². The van der Waals surface area contributed by atoms with Crippen LogP contribution in [0.25, 0.3) is 0 Å². The first kappa shape index (κ1) is 14.0. The number of hydrogen-bond acceptors (Lipinski definition) is 4. The Labute approximate surface area is 121 Å². The van der Waals surface area contributed by atoms with E-state index in [1.807, 2.05) is 10.9 Å². The molecule has 0 bridgehead atoms. The van der Waals surface area contributed by atoms with Gasteiger partial charge in [0, 0.05) is 25.7 Å². The Morgan fingerprint density at radius 2 is 2.15 bits per heavy atom. The molecule has 1 aromatic rings. The maximum atomic E-state index is 10.8. The number of likely N-dealkylation sites (tertiary alicyclic amines) is 1. The predicted molar refractivity (Wildman–Crippen MR) is 77.3 cm³/mol. The molecule has 0 radical (unpaired) electrons. The van der Waals surface area contributed by atoms with Crippen molar-refractivity contribution >= 4 is 0 Å². The van der Waals surface area contributed by atoms with Crippen LogP contribution in [-0.2, 0) is 5.60 Å². The van der Waals surface area contributed by atoms with Crippen molar-refractivity contribution in [3.05, 3.63) is 11.9 Å². The van der Waals surface area contributed by atoms with Crippen LogP contribution in [0.2, 0.25) is 0 Å². The topological polar surface area (TPSA) is 54.2 Å². The Morgan fingerprint density at radius 1 is 1.40 bits per heavy atom. The lowest BCUT2D eigenvalue weighted by atomic mass is 10.00. The van der Waals surface area contributed by atoms with Crippen LogP contribution < -0.4 is 0 Å². The van der Waals surface area contributed by atoms with Gasteiger partial charge < -0.3 is 5.11 Å². The summed E-state index contributed by atoms with van der Waals surface area (Å²) in [7, 11) is 0. The number of nitrogens with zero attached hydrogens (tertiary/aromatic N) is 4. The first-order chi connectivity index (χ1) is 9.57. The molecule has 0 aromatic carbocycles. The molecule has 1 aliphatic heterocycles. The van der Waals surface area contributed by atoms with E-state index in [9.17, 15) is 5.11 Å². The van der Waals surface area contributed by atoms with E-state index in [0.29, 0.717) is 6.54 Å². The molecular weight excluding hydrogens is 252 g/mol. The van der Waals surface area contributed by atoms with Gasteiger partial charge in [0.2, 0.25) is 0 Å². The van der Waals surface area contributed by atoms with Gasteiger partial charge in [0.1, 0.15) is 11.3 Å². The summed E-state index contributed by atoms with van der Waals surface area (Å²) in [6, 6.07) is 0.288. The van der Waals surface area contributed by atoms with Crippen LogP contribution in [0, 0.1) is 5.92 Å². The highest BCUT2D eigenvalue weighted by molar-refractivity contribution is 5.11. The largest absolute Gasteiger partial charge is 0.382 e. The van der Waals surface area contributed by atoms with E-state index in [1.165, 1.54) is 25.7 Å². The third-order valence-corrected chi connectivity index (χ3v) is 4.83. The Morgan fingerprint density at radius 3 is 2.80 bits per heavy atom. The molecule has 3 rings (SSSR count). The summed E-state index contributed by atoms with van der Waals surface area (Å²) in [5, 5.41) is 19.2. The van der Waals surface area contributed by atoms with Crippen LogP contribution in [0.4, 0.5) is 0 Å². The van der Waals surface area contributed by atoms with Gasteiger partial charge in [-0.25, -0.2) is 4.68 Å². The summed E-state index contributed by atoms with van der Waals surface area (Å²) in [6.45, 7) is 6.97. The summed E-state index contributed by atoms with van der Waals surface area (Å²) in [6.07, 6.45) is 8.16. The summed E-state index contributed by atoms with van der Waals surface area (Å²) < 4.78 is 1.83. The van der Waals surface area contributed by atoms with Gasteiger partial charge in [-0.05, 0) is 39.0 Å². The molecule has 1 aromatic heterocycles. The molecule has 1 saturated heterocycles. The van der Waals surface area contributed by atoms with E-state index in [2.05, 4.69) is 29.1 Å². The van der Waals surface area contributed by atoms with Crippen LogP contribution in [0.3, 0.4) is 0 Å². The Kier molecular flexibility index (Phi) is 3.82. The van der Waals surface area contributed by atoms with E-state index in [1.54, 1.807) is 0 Å². The van der Waals surface area contributed by atoms with Crippen molar-refractivity contribution < 1.29 is 5.11 Å². The van der Waals surface area contributed by atoms with Gasteiger partial charge in [0.05, 0.1) is 6.20 Å². The van der Waals surface area contributed by atoms with Crippen LogP contribution in [0.5, 0.6) is 0 Å². The highest BCUT2D eigenvalue weighted by atomic mass is 16.3. The summed E-state index contributed by atoms with van der Waals surface area (Å²) in [4.78, 5) is 2.41. The van der Waals surface area contributed by atoms with E-state index in [0.717, 1.165) is 31.1 Å². The van der Waals surface area contributed by atoms with E-state index in [4.69, 9.17) is 0 Å². The third kappa shape index (κ3) is 2.74. The average Bonchev–Trinajstić information content (AvgIpc) is 3.10. The number of rotatable bonds is 4. The lowest BCUT2D eigenvalue weighted by molar-refractivity contribution is 0.0400. The molecule has 1 saturated carbocycles. The number of aromatic nitrogens is 3. The molecule has 0 spiro atoms. The number of aliphatic hydroxyl groups is 1. The first-order valence-electron chi connectivity index (χ1n) is 7.94. The fourth-order valence-electron chi connectivity index (χ4n) is 3.54. The smallest absolute Gasteiger partial charge is 0.124 e. The second kappa shape index (κ2) is 5.45. The van der Waals surface area contributed by atoms with Gasteiger partial charge in [-0.3, -0.25) is 4.90 Å². The second-order valence-corrected chi connectivity index (χ2v) is 6.84. The zero-order chi connectivity index (χ0) is 14.2. The van der Waals surface area contributed by atoms with Crippen molar-refractivity contribution in [3.8, 4) is 0 Å². The average molecular weight is 278 g/mol. The van der Waals surface area contributed by atoms with Crippen molar-refractivity contribution in [2.24, 2.45) is 5.92 Å². The van der Waals surface area contributed by atoms with E-state index in [-0.39, 0.29) is 6.04 Å². The fourth-order valence-corrected chi connectivity index (χ4v) is 3.54. The molecule has 2 aliphatic rings. The zero-order valence-corrected chi connectivity index (χ0v) is 12.6. The van der Waals surface area contributed by atoms with Gasteiger partial charge in [-0.1, -0.05) is 18.1 Å². The van der Waals surface area contributed by atoms with Crippen molar-refractivity contribution in [2.45, 2.75) is 57.6 Å². The molecule has 0 unspecified atom stereocenters. The van der Waals surface area contributed by atoms with Crippen molar-refractivity contribution in [2.75, 3.05) is 19.6 Å². The molecule has 20 heavy (non-hydrogen) atoms. The monoisotopic (exact) mass is 278 g/mol. The molecule has 0 amide bonds. The van der Waals surface area contributed by atoms with E-state index < -0.39 is 5.60 Å². The van der Waals surface area contributed by atoms with Crippen molar-refractivity contribution in [1.29, 1.82) is 0 Å². The van der Waals surface area contributed by atoms with Crippen molar-refractivity contribution in [1.82, 2.24) is 19.9 Å². The number of β-amino-alcohol motifs (C(OH)–C–C–N with tert-alkyl or cyclic N) is 1. The highest BCUT2D eigenvalue weighted by Crippen LogP contribution is 2.33. The van der Waals surface area contributed by atoms with Crippen LogP contribution >= 0.6 is 0 Å². The quantitative estimate of drug-likeness (QED) is 0.914. The third-order valence-electron chi connectivity index (χ3n) is 4.83. The zero-order valence-electron chi connectivity index (χ0n) is 12.6. The first-order valence-corrected chi connectivity index (χ1v) is 7.94. The van der Waals surface area contributed by atoms with Crippen LogP contribution in [-0.4, -0.2) is 44.6 Å². The predicted octanol–water partition coefficient (Wildman–Crippen LogP) is 1.94. The maximum absolute atomic E-state index is 10.8. The molecule has 2 fully saturated rings. The minimum atomic E-state index is -0.800. The minimum Gasteiger partial charge on any atom is -0.382 e. The summed E-state index contributed by atoms with van der Waals surface area (Å²) in [5.41, 5.74) is -0.0636. The molecule has 1 aliphatic carbocycles. The lowest BCUT2D eigenvalue weighted by Gasteiger charge is -2.23. The Balaban J connectivity index is 1.64. The maximum Gasteiger partial charge on any atom is 0.124 e. The van der Waals surface area contributed by atoms with Gasteiger partial charge >= 0.3 is 0 Å².